The molecular weight excluding hydrogens is 236 g/mol. The Morgan fingerprint density at radius 2 is 2.00 bits per heavy atom. The third-order valence-corrected chi connectivity index (χ3v) is 3.70. The minimum atomic E-state index is 0.350. The number of nitrogens with two attached hydrogens (primary N) is 1. The van der Waals surface area contributed by atoms with Crippen molar-refractivity contribution >= 4 is 11.8 Å². The summed E-state index contributed by atoms with van der Waals surface area (Å²) in [5, 5.41) is 0. The van der Waals surface area contributed by atoms with Gasteiger partial charge >= 0.3 is 0 Å². The largest absolute Gasteiger partial charge is 0.368 e. The lowest BCUT2D eigenvalue weighted by Crippen LogP contribution is -2.14. The molecule has 2 N–H and O–H groups in total. The molecule has 0 bridgehead atoms. The van der Waals surface area contributed by atoms with Crippen molar-refractivity contribution in [2.24, 2.45) is 0 Å². The molecule has 0 amide bonds. The van der Waals surface area contributed by atoms with Crippen molar-refractivity contribution in [3.8, 4) is 11.3 Å². The minimum absolute atomic E-state index is 0.350. The van der Waals surface area contributed by atoms with Gasteiger partial charge in [-0.2, -0.15) is 4.98 Å². The van der Waals surface area contributed by atoms with Gasteiger partial charge in [-0.25, -0.2) is 4.98 Å². The summed E-state index contributed by atoms with van der Waals surface area (Å²) in [6, 6.07) is 6.43. The highest BCUT2D eigenvalue weighted by atomic mass is 15.2. The summed E-state index contributed by atoms with van der Waals surface area (Å²) in [5.74, 6) is 1.32. The van der Waals surface area contributed by atoms with Crippen molar-refractivity contribution in [1.82, 2.24) is 9.97 Å². The number of aryl methyl sites for hydroxylation is 2. The molecule has 98 valence electrons. The summed E-state index contributed by atoms with van der Waals surface area (Å²) in [6.45, 7) is 5.19. The van der Waals surface area contributed by atoms with E-state index in [-0.39, 0.29) is 0 Å². The molecule has 0 aliphatic carbocycles. The average Bonchev–Trinajstić information content (AvgIpc) is 2.71. The van der Waals surface area contributed by atoms with Gasteiger partial charge in [0.25, 0.3) is 0 Å². The van der Waals surface area contributed by atoms with E-state index >= 15 is 0 Å². The molecule has 1 aromatic carbocycles. The SMILES string of the molecule is Cc1ccc(-c2nc(N)nc3c2CCN3C)c(C)c1. The molecule has 0 saturated carbocycles. The number of fused-ring (bicyclic) bond motifs is 1. The molecule has 0 unspecified atom stereocenters. The van der Waals surface area contributed by atoms with Crippen LogP contribution in [-0.2, 0) is 6.42 Å². The zero-order chi connectivity index (χ0) is 13.6. The van der Waals surface area contributed by atoms with E-state index in [4.69, 9.17) is 5.73 Å². The lowest BCUT2D eigenvalue weighted by molar-refractivity contribution is 0.946. The Labute approximate surface area is 113 Å². The normalized spacial score (nSPS) is 13.7. The van der Waals surface area contributed by atoms with Crippen LogP contribution in [0.25, 0.3) is 11.3 Å². The van der Waals surface area contributed by atoms with Gasteiger partial charge in [0.05, 0.1) is 5.69 Å². The Morgan fingerprint density at radius 1 is 1.21 bits per heavy atom. The summed E-state index contributed by atoms with van der Waals surface area (Å²) in [6.07, 6.45) is 0.981. The van der Waals surface area contributed by atoms with Gasteiger partial charge in [-0.3, -0.25) is 0 Å². The summed E-state index contributed by atoms with van der Waals surface area (Å²) < 4.78 is 0. The number of hydrogen-bond acceptors (Lipinski definition) is 4. The van der Waals surface area contributed by atoms with Crippen molar-refractivity contribution in [2.45, 2.75) is 20.3 Å². The van der Waals surface area contributed by atoms with Crippen LogP contribution in [0, 0.1) is 13.8 Å². The lowest BCUT2D eigenvalue weighted by atomic mass is 9.99. The molecule has 3 rings (SSSR count). The van der Waals surface area contributed by atoms with Crippen LogP contribution in [0.3, 0.4) is 0 Å². The molecule has 0 saturated heterocycles. The van der Waals surface area contributed by atoms with Gasteiger partial charge in [0.1, 0.15) is 5.82 Å². The van der Waals surface area contributed by atoms with E-state index in [0.29, 0.717) is 5.95 Å². The lowest BCUT2D eigenvalue weighted by Gasteiger charge is -2.14. The van der Waals surface area contributed by atoms with E-state index in [1.165, 1.54) is 16.7 Å². The number of aromatic nitrogens is 2. The first kappa shape index (κ1) is 12.0. The molecule has 4 heteroatoms. The van der Waals surface area contributed by atoms with E-state index in [9.17, 15) is 0 Å². The molecule has 1 aromatic heterocycles. The van der Waals surface area contributed by atoms with Gasteiger partial charge in [0.15, 0.2) is 0 Å². The van der Waals surface area contributed by atoms with Crippen LogP contribution in [0.5, 0.6) is 0 Å². The second-order valence-corrected chi connectivity index (χ2v) is 5.22. The van der Waals surface area contributed by atoms with Crippen LogP contribution in [0.4, 0.5) is 11.8 Å². The molecule has 0 radical (unpaired) electrons. The molecule has 0 fully saturated rings. The van der Waals surface area contributed by atoms with Crippen molar-refractivity contribution in [2.75, 3.05) is 24.2 Å². The highest BCUT2D eigenvalue weighted by molar-refractivity contribution is 5.74. The fourth-order valence-corrected chi connectivity index (χ4v) is 2.72. The van der Waals surface area contributed by atoms with Crippen molar-refractivity contribution < 1.29 is 0 Å². The smallest absolute Gasteiger partial charge is 0.222 e. The molecule has 0 spiro atoms. The highest BCUT2D eigenvalue weighted by Gasteiger charge is 2.23. The Bertz CT molecular complexity index is 649. The predicted molar refractivity (Wildman–Crippen MR) is 78.3 cm³/mol. The first-order chi connectivity index (χ1) is 9.06. The van der Waals surface area contributed by atoms with E-state index in [0.717, 1.165) is 30.0 Å². The first-order valence-corrected chi connectivity index (χ1v) is 6.51. The number of hydrogen-bond donors (Lipinski definition) is 1. The van der Waals surface area contributed by atoms with Crippen LogP contribution in [0.1, 0.15) is 16.7 Å². The predicted octanol–water partition coefficient (Wildman–Crippen LogP) is 2.33. The second-order valence-electron chi connectivity index (χ2n) is 5.22. The van der Waals surface area contributed by atoms with Crippen molar-refractivity contribution in [3.63, 3.8) is 0 Å². The summed E-state index contributed by atoms with van der Waals surface area (Å²) in [7, 11) is 2.05. The molecule has 2 heterocycles. The third kappa shape index (κ3) is 1.93. The topological polar surface area (TPSA) is 55.0 Å². The van der Waals surface area contributed by atoms with Crippen LogP contribution in [0.2, 0.25) is 0 Å². The maximum atomic E-state index is 5.86. The van der Waals surface area contributed by atoms with Gasteiger partial charge in [0.2, 0.25) is 5.95 Å². The Balaban J connectivity index is 2.23. The quantitative estimate of drug-likeness (QED) is 0.848. The van der Waals surface area contributed by atoms with E-state index in [1.807, 2.05) is 7.05 Å². The second kappa shape index (κ2) is 4.23. The Hall–Kier alpha value is -2.10. The minimum Gasteiger partial charge on any atom is -0.368 e. The fourth-order valence-electron chi connectivity index (χ4n) is 2.72. The number of rotatable bonds is 1. The number of nitrogen functional groups attached to an aromatic ring is 1. The van der Waals surface area contributed by atoms with Gasteiger partial charge in [-0.15, -0.1) is 0 Å². The molecule has 1 aliphatic heterocycles. The van der Waals surface area contributed by atoms with E-state index in [2.05, 4.69) is 46.9 Å². The zero-order valence-corrected chi connectivity index (χ0v) is 11.6. The molecule has 0 atom stereocenters. The molecule has 4 nitrogen and oxygen atoms in total. The number of likely N-dealkylation sites (N-methyl/N-ethyl adjacent to an activating group) is 1. The van der Waals surface area contributed by atoms with Crippen LogP contribution in [-0.4, -0.2) is 23.6 Å². The van der Waals surface area contributed by atoms with E-state index < -0.39 is 0 Å². The maximum Gasteiger partial charge on any atom is 0.222 e. The zero-order valence-electron chi connectivity index (χ0n) is 11.6. The van der Waals surface area contributed by atoms with Gasteiger partial charge in [-0.1, -0.05) is 23.8 Å². The number of nitrogens with zero attached hydrogens (tertiary/aromatic N) is 3. The summed E-state index contributed by atoms with van der Waals surface area (Å²) in [4.78, 5) is 11.0. The fraction of sp³-hybridized carbons (Fsp3) is 0.333. The highest BCUT2D eigenvalue weighted by Crippen LogP contribution is 2.34. The monoisotopic (exact) mass is 254 g/mol. The van der Waals surface area contributed by atoms with Gasteiger partial charge in [0, 0.05) is 24.7 Å². The molecular formula is C15H18N4. The van der Waals surface area contributed by atoms with E-state index in [1.54, 1.807) is 0 Å². The summed E-state index contributed by atoms with van der Waals surface area (Å²) in [5.41, 5.74) is 11.7. The molecule has 2 aromatic rings. The van der Waals surface area contributed by atoms with Crippen molar-refractivity contribution in [3.05, 3.63) is 34.9 Å². The third-order valence-electron chi connectivity index (χ3n) is 3.70. The van der Waals surface area contributed by atoms with Crippen molar-refractivity contribution in [1.29, 1.82) is 0 Å². The number of benzene rings is 1. The number of anilines is 2. The maximum absolute atomic E-state index is 5.86. The van der Waals surface area contributed by atoms with Crippen LogP contribution < -0.4 is 10.6 Å². The van der Waals surface area contributed by atoms with Gasteiger partial charge < -0.3 is 10.6 Å². The Kier molecular flexibility index (Phi) is 2.66. The summed E-state index contributed by atoms with van der Waals surface area (Å²) >= 11 is 0. The molecule has 1 aliphatic rings. The standard InChI is InChI=1S/C15H18N4/c1-9-4-5-11(10(2)8-9)13-12-6-7-19(3)14(12)18-15(16)17-13/h4-5,8H,6-7H2,1-3H3,(H2,16,17,18). The first-order valence-electron chi connectivity index (χ1n) is 6.51. The van der Waals surface area contributed by atoms with Crippen LogP contribution >= 0.6 is 0 Å². The molecule has 19 heavy (non-hydrogen) atoms. The Morgan fingerprint density at radius 3 is 2.74 bits per heavy atom. The van der Waals surface area contributed by atoms with Gasteiger partial charge in [-0.05, 0) is 25.8 Å². The average molecular weight is 254 g/mol. The van der Waals surface area contributed by atoms with Crippen LogP contribution in [0.15, 0.2) is 18.2 Å².